The van der Waals surface area contributed by atoms with E-state index < -0.39 is 0 Å². The number of piperazine rings is 1. The van der Waals surface area contributed by atoms with Crippen LogP contribution in [0.15, 0.2) is 6.20 Å². The van der Waals surface area contributed by atoms with Crippen LogP contribution in [0.2, 0.25) is 0 Å². The Kier molecular flexibility index (Phi) is 3.49. The Bertz CT molecular complexity index is 365. The molecule has 1 aliphatic heterocycles. The molecule has 0 aliphatic carbocycles. The van der Waals surface area contributed by atoms with Crippen LogP contribution in [0.1, 0.15) is 26.5 Å². The maximum atomic E-state index is 4.15. The number of aromatic nitrogens is 3. The van der Waals surface area contributed by atoms with E-state index in [0.29, 0.717) is 11.5 Å². The zero-order valence-electron chi connectivity index (χ0n) is 11.3. The van der Waals surface area contributed by atoms with Gasteiger partial charge in [-0.05, 0) is 5.41 Å². The van der Waals surface area contributed by atoms with Gasteiger partial charge in [-0.3, -0.25) is 9.58 Å². The van der Waals surface area contributed by atoms with Crippen molar-refractivity contribution in [3.63, 3.8) is 0 Å². The van der Waals surface area contributed by atoms with Crippen molar-refractivity contribution in [3.05, 3.63) is 11.9 Å². The summed E-state index contributed by atoms with van der Waals surface area (Å²) in [5.74, 6) is 0. The second-order valence-electron chi connectivity index (χ2n) is 5.99. The molecule has 0 aromatic carbocycles. The normalized spacial score (nSPS) is 22.9. The lowest BCUT2D eigenvalue weighted by Gasteiger charge is -2.40. The van der Waals surface area contributed by atoms with E-state index in [1.54, 1.807) is 4.68 Å². The third-order valence-electron chi connectivity index (χ3n) is 3.34. The van der Waals surface area contributed by atoms with Crippen LogP contribution in [0.25, 0.3) is 0 Å². The van der Waals surface area contributed by atoms with Crippen molar-refractivity contribution in [2.24, 2.45) is 12.5 Å². The minimum absolute atomic E-state index is 0.307. The predicted molar refractivity (Wildman–Crippen MR) is 67.5 cm³/mol. The summed E-state index contributed by atoms with van der Waals surface area (Å²) in [6.45, 7) is 11.0. The first-order valence-electron chi connectivity index (χ1n) is 6.26. The quantitative estimate of drug-likeness (QED) is 0.820. The van der Waals surface area contributed by atoms with E-state index in [1.807, 2.05) is 13.2 Å². The molecule has 0 radical (unpaired) electrons. The minimum atomic E-state index is 0.307. The highest BCUT2D eigenvalue weighted by Gasteiger charge is 2.29. The number of hydrogen-bond acceptors (Lipinski definition) is 4. The van der Waals surface area contributed by atoms with Crippen molar-refractivity contribution in [3.8, 4) is 0 Å². The standard InChI is InChI=1S/C12H23N5/c1-12(2,3)11-9-17(6-5-13-11)8-10-7-16(4)15-14-10/h7,11,13H,5-6,8-9H2,1-4H3. The van der Waals surface area contributed by atoms with Gasteiger partial charge in [-0.15, -0.1) is 5.10 Å². The molecule has 1 aromatic heterocycles. The van der Waals surface area contributed by atoms with Crippen LogP contribution in [0.3, 0.4) is 0 Å². The first-order valence-corrected chi connectivity index (χ1v) is 6.26. The van der Waals surface area contributed by atoms with Crippen molar-refractivity contribution < 1.29 is 0 Å². The number of hydrogen-bond donors (Lipinski definition) is 1. The van der Waals surface area contributed by atoms with Crippen LogP contribution >= 0.6 is 0 Å². The van der Waals surface area contributed by atoms with Gasteiger partial charge >= 0.3 is 0 Å². The molecule has 5 heteroatoms. The molecule has 5 nitrogen and oxygen atoms in total. The van der Waals surface area contributed by atoms with Crippen molar-refractivity contribution in [2.45, 2.75) is 33.4 Å². The van der Waals surface area contributed by atoms with E-state index in [9.17, 15) is 0 Å². The summed E-state index contributed by atoms with van der Waals surface area (Å²) in [6.07, 6.45) is 1.99. The summed E-state index contributed by atoms with van der Waals surface area (Å²) < 4.78 is 1.76. The van der Waals surface area contributed by atoms with Gasteiger partial charge in [0, 0.05) is 45.5 Å². The fourth-order valence-corrected chi connectivity index (χ4v) is 2.23. The Morgan fingerprint density at radius 1 is 1.47 bits per heavy atom. The summed E-state index contributed by atoms with van der Waals surface area (Å²) in [5, 5.41) is 11.7. The third kappa shape index (κ3) is 3.26. The Morgan fingerprint density at radius 3 is 2.82 bits per heavy atom. The summed E-state index contributed by atoms with van der Waals surface area (Å²) in [5.41, 5.74) is 1.36. The van der Waals surface area contributed by atoms with Gasteiger partial charge in [0.2, 0.25) is 0 Å². The molecule has 1 N–H and O–H groups in total. The van der Waals surface area contributed by atoms with Gasteiger partial charge in [-0.1, -0.05) is 26.0 Å². The average molecular weight is 237 g/mol. The molecule has 1 atom stereocenters. The Balaban J connectivity index is 1.94. The third-order valence-corrected chi connectivity index (χ3v) is 3.34. The van der Waals surface area contributed by atoms with Gasteiger partial charge in [0.1, 0.15) is 0 Å². The topological polar surface area (TPSA) is 46.0 Å². The summed E-state index contributed by atoms with van der Waals surface area (Å²) in [6, 6.07) is 0.549. The molecule has 2 rings (SSSR count). The minimum Gasteiger partial charge on any atom is -0.311 e. The average Bonchev–Trinajstić information content (AvgIpc) is 2.63. The number of nitrogens with zero attached hydrogens (tertiary/aromatic N) is 4. The fraction of sp³-hybridized carbons (Fsp3) is 0.833. The van der Waals surface area contributed by atoms with E-state index in [-0.39, 0.29) is 0 Å². The molecule has 1 aliphatic rings. The second-order valence-corrected chi connectivity index (χ2v) is 5.99. The van der Waals surface area contributed by atoms with E-state index in [4.69, 9.17) is 0 Å². The van der Waals surface area contributed by atoms with Crippen molar-refractivity contribution >= 4 is 0 Å². The van der Waals surface area contributed by atoms with Gasteiger partial charge in [-0.25, -0.2) is 0 Å². The monoisotopic (exact) mass is 237 g/mol. The molecule has 96 valence electrons. The van der Waals surface area contributed by atoms with Gasteiger partial charge in [0.25, 0.3) is 0 Å². The van der Waals surface area contributed by atoms with E-state index in [2.05, 4.69) is 41.3 Å². The Hall–Kier alpha value is -0.940. The van der Waals surface area contributed by atoms with Crippen LogP contribution in [0.5, 0.6) is 0 Å². The second kappa shape index (κ2) is 4.74. The molecule has 1 saturated heterocycles. The van der Waals surface area contributed by atoms with Crippen molar-refractivity contribution in [1.29, 1.82) is 0 Å². The summed E-state index contributed by atoms with van der Waals surface area (Å²) >= 11 is 0. The number of rotatable bonds is 2. The van der Waals surface area contributed by atoms with Gasteiger partial charge < -0.3 is 5.32 Å². The molecule has 0 saturated carbocycles. The highest BCUT2D eigenvalue weighted by Crippen LogP contribution is 2.22. The first-order chi connectivity index (χ1) is 7.95. The van der Waals surface area contributed by atoms with Gasteiger partial charge in [-0.2, -0.15) is 0 Å². The predicted octanol–water partition coefficient (Wildman–Crippen LogP) is 0.635. The maximum Gasteiger partial charge on any atom is 0.0967 e. The van der Waals surface area contributed by atoms with Crippen LogP contribution < -0.4 is 5.32 Å². The molecule has 1 unspecified atom stereocenters. The number of aryl methyl sites for hydroxylation is 1. The Morgan fingerprint density at radius 2 is 2.24 bits per heavy atom. The number of nitrogens with one attached hydrogen (secondary N) is 1. The maximum absolute atomic E-state index is 4.15. The highest BCUT2D eigenvalue weighted by molar-refractivity contribution is 4.94. The van der Waals surface area contributed by atoms with Gasteiger partial charge in [0.05, 0.1) is 5.69 Å². The highest BCUT2D eigenvalue weighted by atomic mass is 15.4. The molecular weight excluding hydrogens is 214 g/mol. The van der Waals surface area contributed by atoms with Crippen LogP contribution in [-0.2, 0) is 13.6 Å². The Labute approximate surface area is 103 Å². The fourth-order valence-electron chi connectivity index (χ4n) is 2.23. The molecular formula is C12H23N5. The van der Waals surface area contributed by atoms with Crippen molar-refractivity contribution in [1.82, 2.24) is 25.2 Å². The molecule has 0 spiro atoms. The molecule has 2 heterocycles. The zero-order chi connectivity index (χ0) is 12.5. The SMILES string of the molecule is Cn1cc(CN2CCNC(C(C)(C)C)C2)nn1. The smallest absolute Gasteiger partial charge is 0.0967 e. The lowest BCUT2D eigenvalue weighted by Crippen LogP contribution is -2.55. The van der Waals surface area contributed by atoms with E-state index in [1.165, 1.54) is 0 Å². The van der Waals surface area contributed by atoms with Crippen LogP contribution in [0.4, 0.5) is 0 Å². The molecule has 0 bridgehead atoms. The van der Waals surface area contributed by atoms with E-state index in [0.717, 1.165) is 31.9 Å². The van der Waals surface area contributed by atoms with Crippen LogP contribution in [0, 0.1) is 5.41 Å². The zero-order valence-corrected chi connectivity index (χ0v) is 11.3. The molecule has 17 heavy (non-hydrogen) atoms. The summed E-state index contributed by atoms with van der Waals surface area (Å²) in [7, 11) is 1.91. The summed E-state index contributed by atoms with van der Waals surface area (Å²) in [4.78, 5) is 2.45. The molecule has 1 fully saturated rings. The lowest BCUT2D eigenvalue weighted by molar-refractivity contribution is 0.128. The van der Waals surface area contributed by atoms with E-state index >= 15 is 0 Å². The van der Waals surface area contributed by atoms with Crippen molar-refractivity contribution in [2.75, 3.05) is 19.6 Å². The largest absolute Gasteiger partial charge is 0.311 e. The van der Waals surface area contributed by atoms with Crippen LogP contribution in [-0.4, -0.2) is 45.6 Å². The molecule has 1 aromatic rings. The first kappa shape index (κ1) is 12.5. The lowest BCUT2D eigenvalue weighted by atomic mass is 9.85. The van der Waals surface area contributed by atoms with Gasteiger partial charge in [0.15, 0.2) is 0 Å². The molecule has 0 amide bonds.